The molecule has 0 saturated heterocycles. The van der Waals surface area contributed by atoms with Gasteiger partial charge in [0.05, 0.1) is 24.9 Å². The van der Waals surface area contributed by atoms with E-state index in [4.69, 9.17) is 26.1 Å². The highest BCUT2D eigenvalue weighted by Gasteiger charge is 2.35. The number of esters is 1. The molecule has 1 aromatic carbocycles. The van der Waals surface area contributed by atoms with Crippen molar-refractivity contribution in [2.24, 2.45) is 7.05 Å². The van der Waals surface area contributed by atoms with Gasteiger partial charge in [0.25, 0.3) is 0 Å². The molecular weight excluding hydrogens is 500 g/mol. The van der Waals surface area contributed by atoms with E-state index >= 15 is 0 Å². The van der Waals surface area contributed by atoms with Crippen LogP contribution in [0.15, 0.2) is 36.7 Å². The maximum atomic E-state index is 13.4. The van der Waals surface area contributed by atoms with Crippen molar-refractivity contribution in [1.82, 2.24) is 19.3 Å². The third-order valence-corrected chi connectivity index (χ3v) is 6.85. The summed E-state index contributed by atoms with van der Waals surface area (Å²) in [5.41, 5.74) is 6.99. The van der Waals surface area contributed by atoms with E-state index in [0.29, 0.717) is 11.6 Å². The van der Waals surface area contributed by atoms with E-state index in [9.17, 15) is 4.79 Å². The number of pyridine rings is 1. The lowest BCUT2D eigenvalue weighted by atomic mass is 9.90. The van der Waals surface area contributed by atoms with E-state index in [0.717, 1.165) is 51.0 Å². The lowest BCUT2D eigenvalue weighted by Gasteiger charge is -2.29. The number of aromatic nitrogens is 4. The standard InChI is InChI=1S/C30H37ClN4O3/c1-9-23-18(3)24-26(21-11-13-22(31)14-12-21)25(27(29(36)37-10-2)38-30(5,6)7)19(4)33-28(24)35(23)17-20-15-32-34(8)16-20/h11-16,27H,9-10,17H2,1-8H3/t27-/m0/s1. The number of halogens is 1. The van der Waals surface area contributed by atoms with E-state index in [1.54, 1.807) is 6.92 Å². The highest BCUT2D eigenvalue weighted by molar-refractivity contribution is 6.30. The number of ether oxygens (including phenoxy) is 2. The van der Waals surface area contributed by atoms with Crippen molar-refractivity contribution in [3.8, 4) is 11.1 Å². The Bertz CT molecular complexity index is 1460. The number of hydrogen-bond donors (Lipinski definition) is 0. The normalized spacial score (nSPS) is 12.8. The van der Waals surface area contributed by atoms with Gasteiger partial charge in [-0.1, -0.05) is 30.7 Å². The summed E-state index contributed by atoms with van der Waals surface area (Å²) in [6, 6.07) is 7.72. The fourth-order valence-corrected chi connectivity index (χ4v) is 5.25. The Hall–Kier alpha value is -3.16. The molecular formula is C30H37ClN4O3. The van der Waals surface area contributed by atoms with E-state index in [1.165, 1.54) is 5.69 Å². The molecule has 0 amide bonds. The molecule has 202 valence electrons. The van der Waals surface area contributed by atoms with Gasteiger partial charge in [0.15, 0.2) is 6.10 Å². The predicted octanol–water partition coefficient (Wildman–Crippen LogP) is 6.74. The molecule has 0 spiro atoms. The summed E-state index contributed by atoms with van der Waals surface area (Å²) in [4.78, 5) is 18.5. The molecule has 0 unspecified atom stereocenters. The van der Waals surface area contributed by atoms with Crippen LogP contribution < -0.4 is 0 Å². The Morgan fingerprint density at radius 3 is 2.37 bits per heavy atom. The number of fused-ring (bicyclic) bond motifs is 1. The van der Waals surface area contributed by atoms with Crippen LogP contribution in [-0.2, 0) is 34.3 Å². The van der Waals surface area contributed by atoms with Crippen molar-refractivity contribution in [2.75, 3.05) is 6.61 Å². The quantitative estimate of drug-likeness (QED) is 0.233. The molecule has 1 atom stereocenters. The van der Waals surface area contributed by atoms with Gasteiger partial charge in [-0.2, -0.15) is 5.10 Å². The summed E-state index contributed by atoms with van der Waals surface area (Å²) < 4.78 is 16.0. The number of nitrogens with zero attached hydrogens (tertiary/aromatic N) is 4. The maximum absolute atomic E-state index is 13.4. The van der Waals surface area contributed by atoms with Crippen LogP contribution in [0.2, 0.25) is 5.02 Å². The first-order chi connectivity index (χ1) is 17.9. The zero-order valence-corrected chi connectivity index (χ0v) is 24.3. The summed E-state index contributed by atoms with van der Waals surface area (Å²) in [6.07, 6.45) is 3.80. The second-order valence-corrected chi connectivity index (χ2v) is 11.0. The second-order valence-electron chi connectivity index (χ2n) is 10.6. The fourth-order valence-electron chi connectivity index (χ4n) is 5.12. The van der Waals surface area contributed by atoms with Crippen molar-refractivity contribution in [2.45, 2.75) is 73.1 Å². The van der Waals surface area contributed by atoms with E-state index in [2.05, 4.69) is 23.5 Å². The molecule has 0 radical (unpaired) electrons. The van der Waals surface area contributed by atoms with Crippen molar-refractivity contribution in [3.05, 3.63) is 69.8 Å². The van der Waals surface area contributed by atoms with Crippen molar-refractivity contribution in [1.29, 1.82) is 0 Å². The van der Waals surface area contributed by atoms with Crippen molar-refractivity contribution in [3.63, 3.8) is 0 Å². The van der Waals surface area contributed by atoms with Gasteiger partial charge in [0, 0.05) is 51.7 Å². The Morgan fingerprint density at radius 1 is 1.13 bits per heavy atom. The van der Waals surface area contributed by atoms with E-state index < -0.39 is 17.7 Å². The minimum absolute atomic E-state index is 0.258. The van der Waals surface area contributed by atoms with E-state index in [1.807, 2.05) is 76.1 Å². The first-order valence-corrected chi connectivity index (χ1v) is 13.4. The number of aryl methyl sites for hydroxylation is 3. The predicted molar refractivity (Wildman–Crippen MR) is 152 cm³/mol. The van der Waals surface area contributed by atoms with Gasteiger partial charge in [-0.3, -0.25) is 4.68 Å². The minimum Gasteiger partial charge on any atom is -0.464 e. The summed E-state index contributed by atoms with van der Waals surface area (Å²) >= 11 is 6.28. The molecule has 0 aliphatic carbocycles. The monoisotopic (exact) mass is 536 g/mol. The van der Waals surface area contributed by atoms with Gasteiger partial charge in [-0.05, 0) is 71.2 Å². The molecule has 4 rings (SSSR count). The molecule has 38 heavy (non-hydrogen) atoms. The fraction of sp³-hybridized carbons (Fsp3) is 0.433. The molecule has 0 fully saturated rings. The Morgan fingerprint density at radius 2 is 1.82 bits per heavy atom. The van der Waals surface area contributed by atoms with Crippen LogP contribution in [0.5, 0.6) is 0 Å². The van der Waals surface area contributed by atoms with Crippen LogP contribution in [0, 0.1) is 13.8 Å². The molecule has 0 N–H and O–H groups in total. The third kappa shape index (κ3) is 5.49. The molecule has 3 heterocycles. The third-order valence-electron chi connectivity index (χ3n) is 6.60. The molecule has 0 bridgehead atoms. The average Bonchev–Trinajstić information content (AvgIpc) is 3.37. The van der Waals surface area contributed by atoms with Gasteiger partial charge in [0.2, 0.25) is 0 Å². The zero-order chi connectivity index (χ0) is 27.8. The van der Waals surface area contributed by atoms with Crippen LogP contribution in [0.4, 0.5) is 0 Å². The number of carbonyl (C=O) groups is 1. The first kappa shape index (κ1) is 27.9. The van der Waals surface area contributed by atoms with Crippen molar-refractivity contribution >= 4 is 28.6 Å². The highest BCUT2D eigenvalue weighted by Crippen LogP contribution is 2.43. The summed E-state index contributed by atoms with van der Waals surface area (Å²) in [5, 5.41) is 6.00. The zero-order valence-electron chi connectivity index (χ0n) is 23.6. The maximum Gasteiger partial charge on any atom is 0.340 e. The smallest absolute Gasteiger partial charge is 0.340 e. The molecule has 0 saturated carbocycles. The number of carbonyl (C=O) groups excluding carboxylic acids is 1. The molecule has 0 aliphatic rings. The van der Waals surface area contributed by atoms with Gasteiger partial charge >= 0.3 is 5.97 Å². The Balaban J connectivity index is 2.10. The molecule has 4 aromatic rings. The highest BCUT2D eigenvalue weighted by atomic mass is 35.5. The number of rotatable bonds is 8. The van der Waals surface area contributed by atoms with Gasteiger partial charge in [-0.15, -0.1) is 0 Å². The lowest BCUT2D eigenvalue weighted by Crippen LogP contribution is -2.30. The summed E-state index contributed by atoms with van der Waals surface area (Å²) in [7, 11) is 1.92. The van der Waals surface area contributed by atoms with E-state index in [-0.39, 0.29) is 6.61 Å². The van der Waals surface area contributed by atoms with Crippen LogP contribution in [0.1, 0.15) is 68.8 Å². The van der Waals surface area contributed by atoms with Gasteiger partial charge < -0.3 is 14.0 Å². The molecule has 3 aromatic heterocycles. The summed E-state index contributed by atoms with van der Waals surface area (Å²) in [6.45, 7) is 14.7. The lowest BCUT2D eigenvalue weighted by molar-refractivity contribution is -0.166. The SMILES string of the molecule is CCOC(=O)[C@@H](OC(C)(C)C)c1c(C)nc2c(c(C)c(CC)n2Cc2cnn(C)c2)c1-c1ccc(Cl)cc1. The topological polar surface area (TPSA) is 71.2 Å². The number of hydrogen-bond acceptors (Lipinski definition) is 5. The Labute approximate surface area is 229 Å². The molecule has 0 aliphatic heterocycles. The second kappa shape index (κ2) is 10.9. The Kier molecular flexibility index (Phi) is 8.00. The van der Waals surface area contributed by atoms with Crippen LogP contribution >= 0.6 is 11.6 Å². The number of benzene rings is 1. The summed E-state index contributed by atoms with van der Waals surface area (Å²) in [5.74, 6) is -0.426. The minimum atomic E-state index is -0.941. The first-order valence-electron chi connectivity index (χ1n) is 13.0. The average molecular weight is 537 g/mol. The van der Waals surface area contributed by atoms with Gasteiger partial charge in [-0.25, -0.2) is 9.78 Å². The van der Waals surface area contributed by atoms with Crippen LogP contribution in [0.25, 0.3) is 22.2 Å². The van der Waals surface area contributed by atoms with Crippen LogP contribution in [-0.4, -0.2) is 37.5 Å². The largest absolute Gasteiger partial charge is 0.464 e. The molecule has 7 nitrogen and oxygen atoms in total. The molecule has 8 heteroatoms. The van der Waals surface area contributed by atoms with Crippen molar-refractivity contribution < 1.29 is 14.3 Å². The van der Waals surface area contributed by atoms with Crippen LogP contribution in [0.3, 0.4) is 0 Å². The van der Waals surface area contributed by atoms with Gasteiger partial charge in [0.1, 0.15) is 5.65 Å².